The first-order valence-electron chi connectivity index (χ1n) is 10.7. The minimum Gasteiger partial charge on any atom is -0.439 e. The predicted octanol–water partition coefficient (Wildman–Crippen LogP) is 4.43. The maximum Gasteiger partial charge on any atom is 0.246 e. The Labute approximate surface area is 210 Å². The second-order valence-electron chi connectivity index (χ2n) is 7.62. The van der Waals surface area contributed by atoms with Crippen molar-refractivity contribution in [3.8, 4) is 29.0 Å². The van der Waals surface area contributed by atoms with Crippen LogP contribution < -0.4 is 15.8 Å². The highest BCUT2D eigenvalue weighted by atomic mass is 35.5. The lowest BCUT2D eigenvalue weighted by Crippen LogP contribution is -2.19. The molecule has 0 spiro atoms. The number of para-hydroxylation sites is 1. The van der Waals surface area contributed by atoms with Gasteiger partial charge in [-0.05, 0) is 36.4 Å². The van der Waals surface area contributed by atoms with Gasteiger partial charge in [0, 0.05) is 23.5 Å². The van der Waals surface area contributed by atoms with Crippen LogP contribution in [0.2, 0.25) is 5.02 Å². The lowest BCUT2D eigenvalue weighted by Gasteiger charge is -2.07. The van der Waals surface area contributed by atoms with Gasteiger partial charge in [0.2, 0.25) is 11.8 Å². The summed E-state index contributed by atoms with van der Waals surface area (Å²) < 4.78 is 7.19. The van der Waals surface area contributed by atoms with Crippen molar-refractivity contribution >= 4 is 40.0 Å². The number of hydrogen-bond acceptors (Lipinski definition) is 8. The number of carbonyl (C=O) groups excluding carboxylic acids is 1. The molecule has 0 aliphatic rings. The molecule has 176 valence electrons. The van der Waals surface area contributed by atoms with Gasteiger partial charge in [-0.3, -0.25) is 4.79 Å². The molecule has 3 heterocycles. The largest absolute Gasteiger partial charge is 0.439 e. The predicted molar refractivity (Wildman–Crippen MR) is 134 cm³/mol. The minimum absolute atomic E-state index is 0.146. The van der Waals surface area contributed by atoms with Crippen LogP contribution in [-0.4, -0.2) is 30.6 Å². The number of nitrogens with two attached hydrogens (primary N) is 1. The van der Waals surface area contributed by atoms with Crippen molar-refractivity contribution in [3.05, 3.63) is 83.8 Å². The second-order valence-corrected chi connectivity index (χ2v) is 8.03. The molecule has 0 saturated carbocycles. The van der Waals surface area contributed by atoms with Gasteiger partial charge < -0.3 is 15.8 Å². The number of pyridine rings is 1. The average Bonchev–Trinajstić information content (AvgIpc) is 3.24. The summed E-state index contributed by atoms with van der Waals surface area (Å²) in [5, 5.41) is 17.1. The number of nitriles is 1. The van der Waals surface area contributed by atoms with E-state index in [1.54, 1.807) is 24.4 Å². The Morgan fingerprint density at radius 2 is 1.94 bits per heavy atom. The van der Waals surface area contributed by atoms with E-state index in [2.05, 4.69) is 25.4 Å². The Kier molecular flexibility index (Phi) is 6.13. The molecule has 0 atom stereocenters. The zero-order valence-corrected chi connectivity index (χ0v) is 19.3. The molecule has 2 aromatic carbocycles. The number of hydrogen-bond donors (Lipinski definition) is 2. The smallest absolute Gasteiger partial charge is 0.246 e. The number of nitrogens with zero attached hydrogens (tertiary/aromatic N) is 6. The van der Waals surface area contributed by atoms with Crippen LogP contribution in [0.25, 0.3) is 22.3 Å². The molecule has 10 nitrogen and oxygen atoms in total. The van der Waals surface area contributed by atoms with E-state index in [0.29, 0.717) is 45.2 Å². The summed E-state index contributed by atoms with van der Waals surface area (Å²) in [6.45, 7) is -0.146. The lowest BCUT2D eigenvalue weighted by molar-refractivity contribution is -0.116. The van der Waals surface area contributed by atoms with E-state index in [1.807, 2.05) is 36.4 Å². The summed E-state index contributed by atoms with van der Waals surface area (Å²) >= 11 is 6.06. The number of nitrogens with one attached hydrogen (secondary N) is 1. The number of nitrogen functional groups attached to an aromatic ring is 1. The number of benzene rings is 2. The topological polar surface area (TPSA) is 145 Å². The number of amides is 1. The SMILES string of the molecule is N#Cc1ccc(NC(=O)Cn2nc(-c3ccc(Oc4ccccc4)nc3)c3c(N)ncnc32)cc1Cl. The summed E-state index contributed by atoms with van der Waals surface area (Å²) in [4.78, 5) is 25.5. The van der Waals surface area contributed by atoms with E-state index >= 15 is 0 Å². The normalized spacial score (nSPS) is 10.7. The molecule has 1 amide bonds. The number of carbonyl (C=O) groups is 1. The molecule has 0 unspecified atom stereocenters. The van der Waals surface area contributed by atoms with E-state index in [0.717, 1.165) is 0 Å². The molecule has 0 saturated heterocycles. The Hall–Kier alpha value is -5.01. The van der Waals surface area contributed by atoms with E-state index in [-0.39, 0.29) is 23.3 Å². The van der Waals surface area contributed by atoms with E-state index in [9.17, 15) is 4.79 Å². The summed E-state index contributed by atoms with van der Waals surface area (Å²) in [5.41, 5.74) is 8.45. The number of halogens is 1. The fourth-order valence-corrected chi connectivity index (χ4v) is 3.78. The zero-order valence-electron chi connectivity index (χ0n) is 18.6. The van der Waals surface area contributed by atoms with Crippen LogP contribution in [0.3, 0.4) is 0 Å². The summed E-state index contributed by atoms with van der Waals surface area (Å²) in [5.74, 6) is 0.942. The molecule has 3 N–H and O–H groups in total. The van der Waals surface area contributed by atoms with Crippen molar-refractivity contribution in [2.24, 2.45) is 0 Å². The molecule has 5 rings (SSSR count). The first-order chi connectivity index (χ1) is 17.5. The molecule has 36 heavy (non-hydrogen) atoms. The molecule has 0 bridgehead atoms. The second kappa shape index (κ2) is 9.69. The van der Waals surface area contributed by atoms with Gasteiger partial charge in [-0.2, -0.15) is 10.4 Å². The van der Waals surface area contributed by atoms with E-state index in [1.165, 1.54) is 23.1 Å². The molecule has 0 fully saturated rings. The van der Waals surface area contributed by atoms with Crippen LogP contribution in [0.4, 0.5) is 11.5 Å². The zero-order chi connectivity index (χ0) is 25.1. The van der Waals surface area contributed by atoms with Crippen LogP contribution in [-0.2, 0) is 11.3 Å². The monoisotopic (exact) mass is 496 g/mol. The molecular weight excluding hydrogens is 480 g/mol. The van der Waals surface area contributed by atoms with Crippen molar-refractivity contribution in [3.63, 3.8) is 0 Å². The van der Waals surface area contributed by atoms with Gasteiger partial charge in [0.05, 0.1) is 16.0 Å². The maximum absolute atomic E-state index is 12.8. The van der Waals surface area contributed by atoms with Gasteiger partial charge in [0.25, 0.3) is 0 Å². The van der Waals surface area contributed by atoms with Gasteiger partial charge in [0.1, 0.15) is 36.2 Å². The number of fused-ring (bicyclic) bond motifs is 1. The van der Waals surface area contributed by atoms with Crippen molar-refractivity contribution in [2.75, 3.05) is 11.1 Å². The number of rotatable bonds is 6. The quantitative estimate of drug-likeness (QED) is 0.351. The van der Waals surface area contributed by atoms with Crippen LogP contribution in [0, 0.1) is 11.3 Å². The van der Waals surface area contributed by atoms with E-state index in [4.69, 9.17) is 27.3 Å². The molecule has 11 heteroatoms. The molecular formula is C25H17ClN8O2. The van der Waals surface area contributed by atoms with Gasteiger partial charge >= 0.3 is 0 Å². The van der Waals surface area contributed by atoms with Crippen molar-refractivity contribution in [1.82, 2.24) is 24.7 Å². The number of anilines is 2. The molecule has 0 aliphatic carbocycles. The highest BCUT2D eigenvalue weighted by Gasteiger charge is 2.19. The summed E-state index contributed by atoms with van der Waals surface area (Å²) in [6.07, 6.45) is 2.92. The number of ether oxygens (including phenoxy) is 1. The highest BCUT2D eigenvalue weighted by molar-refractivity contribution is 6.32. The van der Waals surface area contributed by atoms with Crippen LogP contribution in [0.1, 0.15) is 5.56 Å². The standard InChI is InChI=1S/C25H17ClN8O2/c26-19-10-17(8-6-15(19)11-27)32-20(35)13-34-25-22(24(28)30-14-31-25)23(33-34)16-7-9-21(29-12-16)36-18-4-2-1-3-5-18/h1-10,12,14H,13H2,(H,32,35)(H2,28,30,31). The molecule has 5 aromatic rings. The first kappa shape index (κ1) is 22.8. The third-order valence-corrected chi connectivity index (χ3v) is 5.51. The summed E-state index contributed by atoms with van der Waals surface area (Å²) in [7, 11) is 0. The Balaban J connectivity index is 1.42. The Morgan fingerprint density at radius 1 is 1.11 bits per heavy atom. The number of aromatic nitrogens is 5. The maximum atomic E-state index is 12.8. The fraction of sp³-hybridized carbons (Fsp3) is 0.0400. The van der Waals surface area contributed by atoms with Gasteiger partial charge in [0.15, 0.2) is 5.65 Å². The van der Waals surface area contributed by atoms with Crippen LogP contribution in [0.5, 0.6) is 11.6 Å². The Morgan fingerprint density at radius 3 is 2.67 bits per heavy atom. The fourth-order valence-electron chi connectivity index (χ4n) is 3.55. The van der Waals surface area contributed by atoms with E-state index < -0.39 is 0 Å². The minimum atomic E-state index is -0.367. The van der Waals surface area contributed by atoms with Crippen LogP contribution in [0.15, 0.2) is 73.2 Å². The van der Waals surface area contributed by atoms with Gasteiger partial charge in [-0.15, -0.1) is 0 Å². The molecule has 3 aromatic heterocycles. The van der Waals surface area contributed by atoms with Crippen molar-refractivity contribution < 1.29 is 9.53 Å². The highest BCUT2D eigenvalue weighted by Crippen LogP contribution is 2.31. The van der Waals surface area contributed by atoms with Crippen molar-refractivity contribution in [2.45, 2.75) is 6.54 Å². The third kappa shape index (κ3) is 4.64. The average molecular weight is 497 g/mol. The Bertz CT molecular complexity index is 1610. The van der Waals surface area contributed by atoms with Gasteiger partial charge in [-0.25, -0.2) is 19.6 Å². The van der Waals surface area contributed by atoms with Crippen molar-refractivity contribution in [1.29, 1.82) is 5.26 Å². The summed E-state index contributed by atoms with van der Waals surface area (Å²) in [6, 6.07) is 19.4. The lowest BCUT2D eigenvalue weighted by atomic mass is 10.1. The van der Waals surface area contributed by atoms with Crippen LogP contribution >= 0.6 is 11.6 Å². The third-order valence-electron chi connectivity index (χ3n) is 5.20. The molecule has 0 aliphatic heterocycles. The first-order valence-corrected chi connectivity index (χ1v) is 11.1. The molecule has 0 radical (unpaired) electrons. The van der Waals surface area contributed by atoms with Gasteiger partial charge in [-0.1, -0.05) is 29.8 Å².